The van der Waals surface area contributed by atoms with E-state index in [4.69, 9.17) is 11.6 Å². The summed E-state index contributed by atoms with van der Waals surface area (Å²) < 4.78 is 0. The van der Waals surface area contributed by atoms with Gasteiger partial charge in [-0.3, -0.25) is 4.79 Å². The fourth-order valence-corrected chi connectivity index (χ4v) is 3.75. The third-order valence-corrected chi connectivity index (χ3v) is 5.74. The molecule has 33 heavy (non-hydrogen) atoms. The van der Waals surface area contributed by atoms with Gasteiger partial charge in [-0.1, -0.05) is 23.7 Å². The Bertz CT molecular complexity index is 1290. The predicted octanol–water partition coefficient (Wildman–Crippen LogP) is 5.88. The van der Waals surface area contributed by atoms with Crippen LogP contribution in [0.4, 0.5) is 11.4 Å². The highest BCUT2D eigenvalue weighted by atomic mass is 35.5. The lowest BCUT2D eigenvalue weighted by Gasteiger charge is -2.20. The van der Waals surface area contributed by atoms with Crippen LogP contribution in [0.2, 0.25) is 5.02 Å². The molecule has 7 heteroatoms. The van der Waals surface area contributed by atoms with E-state index < -0.39 is 0 Å². The number of benzene rings is 3. The first-order valence-electron chi connectivity index (χ1n) is 10.9. The van der Waals surface area contributed by atoms with Gasteiger partial charge in [0.1, 0.15) is 11.0 Å². The third kappa shape index (κ3) is 5.23. The Labute approximate surface area is 198 Å². The molecular formula is C26H26ClN5O. The molecule has 3 aromatic carbocycles. The van der Waals surface area contributed by atoms with Gasteiger partial charge in [0.05, 0.1) is 5.69 Å². The third-order valence-electron chi connectivity index (χ3n) is 5.49. The van der Waals surface area contributed by atoms with Crippen LogP contribution in [0.3, 0.4) is 0 Å². The number of rotatable bonds is 7. The van der Waals surface area contributed by atoms with Crippen LogP contribution in [0.15, 0.2) is 66.7 Å². The second-order valence-corrected chi connectivity index (χ2v) is 8.14. The van der Waals surface area contributed by atoms with Crippen molar-refractivity contribution in [2.75, 3.05) is 23.3 Å². The van der Waals surface area contributed by atoms with Gasteiger partial charge in [0, 0.05) is 35.6 Å². The standard InChI is InChI=1S/C26H26ClN5O/c1-4-31(5-2)21-11-13-22(14-12-21)32-29-24-16-18(3)23(17-25(24)30-32)28-26(33)15-8-19-6-9-20(27)10-7-19/h6-17H,4-5H2,1-3H3,(H,28,33)/b15-8+. The Balaban J connectivity index is 1.52. The number of aryl methyl sites for hydroxylation is 1. The molecular weight excluding hydrogens is 434 g/mol. The molecule has 0 fully saturated rings. The molecule has 0 aliphatic heterocycles. The van der Waals surface area contributed by atoms with Crippen LogP contribution >= 0.6 is 11.6 Å². The Kier molecular flexibility index (Phi) is 6.75. The zero-order valence-corrected chi connectivity index (χ0v) is 19.7. The summed E-state index contributed by atoms with van der Waals surface area (Å²) in [6, 6.07) is 19.3. The van der Waals surface area contributed by atoms with Gasteiger partial charge in [0.25, 0.3) is 0 Å². The minimum atomic E-state index is -0.216. The number of aromatic nitrogens is 3. The Morgan fingerprint density at radius 1 is 1.00 bits per heavy atom. The molecule has 1 heterocycles. The van der Waals surface area contributed by atoms with Gasteiger partial charge in [-0.2, -0.15) is 4.80 Å². The summed E-state index contributed by atoms with van der Waals surface area (Å²) in [5.41, 5.74) is 6.07. The number of nitrogens with one attached hydrogen (secondary N) is 1. The van der Waals surface area contributed by atoms with Crippen LogP contribution in [-0.4, -0.2) is 34.0 Å². The zero-order chi connectivity index (χ0) is 23.4. The van der Waals surface area contributed by atoms with Crippen molar-refractivity contribution in [1.29, 1.82) is 0 Å². The lowest BCUT2D eigenvalue weighted by atomic mass is 10.1. The highest BCUT2D eigenvalue weighted by molar-refractivity contribution is 6.30. The molecule has 6 nitrogen and oxygen atoms in total. The van der Waals surface area contributed by atoms with Crippen molar-refractivity contribution >= 4 is 46.0 Å². The fraction of sp³-hybridized carbons (Fsp3) is 0.192. The summed E-state index contributed by atoms with van der Waals surface area (Å²) in [4.78, 5) is 16.4. The lowest BCUT2D eigenvalue weighted by molar-refractivity contribution is -0.111. The number of nitrogens with zero attached hydrogens (tertiary/aromatic N) is 4. The van der Waals surface area contributed by atoms with E-state index in [1.165, 1.54) is 11.8 Å². The molecule has 0 bridgehead atoms. The molecule has 4 aromatic rings. The highest BCUT2D eigenvalue weighted by Gasteiger charge is 2.10. The summed E-state index contributed by atoms with van der Waals surface area (Å²) in [6.07, 6.45) is 3.25. The number of amides is 1. The molecule has 0 spiro atoms. The van der Waals surface area contributed by atoms with Crippen LogP contribution in [0, 0.1) is 6.92 Å². The molecule has 0 saturated carbocycles. The average molecular weight is 460 g/mol. The van der Waals surface area contributed by atoms with Gasteiger partial charge < -0.3 is 10.2 Å². The van der Waals surface area contributed by atoms with Crippen LogP contribution in [0.1, 0.15) is 25.0 Å². The SMILES string of the molecule is CCN(CC)c1ccc(-n2nc3cc(C)c(NC(=O)/C=C/c4ccc(Cl)cc4)cc3n2)cc1. The van der Waals surface area contributed by atoms with E-state index in [-0.39, 0.29) is 5.91 Å². The number of carbonyl (C=O) groups excluding carboxylic acids is 1. The van der Waals surface area contributed by atoms with Crippen molar-refractivity contribution in [3.63, 3.8) is 0 Å². The number of hydrogen-bond donors (Lipinski definition) is 1. The Morgan fingerprint density at radius 2 is 1.64 bits per heavy atom. The van der Waals surface area contributed by atoms with E-state index in [2.05, 4.69) is 46.4 Å². The summed E-state index contributed by atoms with van der Waals surface area (Å²) in [6.45, 7) is 8.15. The van der Waals surface area contributed by atoms with Gasteiger partial charge in [0.15, 0.2) is 0 Å². The molecule has 0 aliphatic carbocycles. The molecule has 0 saturated heterocycles. The minimum absolute atomic E-state index is 0.216. The van der Waals surface area contributed by atoms with E-state index in [0.717, 1.165) is 35.4 Å². The number of fused-ring (bicyclic) bond motifs is 1. The van der Waals surface area contributed by atoms with E-state index in [1.54, 1.807) is 23.0 Å². The zero-order valence-electron chi connectivity index (χ0n) is 18.9. The normalized spacial score (nSPS) is 11.3. The quantitative estimate of drug-likeness (QED) is 0.350. The maximum absolute atomic E-state index is 12.4. The first-order chi connectivity index (χ1) is 16.0. The summed E-state index contributed by atoms with van der Waals surface area (Å²) in [5.74, 6) is -0.216. The number of halogens is 1. The van der Waals surface area contributed by atoms with E-state index in [9.17, 15) is 4.79 Å². The van der Waals surface area contributed by atoms with Crippen LogP contribution in [-0.2, 0) is 4.79 Å². The van der Waals surface area contributed by atoms with Gasteiger partial charge in [-0.05, 0) is 86.5 Å². The maximum Gasteiger partial charge on any atom is 0.248 e. The van der Waals surface area contributed by atoms with Crippen LogP contribution < -0.4 is 10.2 Å². The number of anilines is 2. The first kappa shape index (κ1) is 22.6. The molecule has 1 N–H and O–H groups in total. The molecule has 0 unspecified atom stereocenters. The first-order valence-corrected chi connectivity index (χ1v) is 11.3. The molecule has 1 amide bonds. The summed E-state index contributed by atoms with van der Waals surface area (Å²) in [7, 11) is 0. The van der Waals surface area contributed by atoms with Gasteiger partial charge in [-0.15, -0.1) is 10.2 Å². The van der Waals surface area contributed by atoms with Crippen molar-refractivity contribution in [3.05, 3.63) is 82.9 Å². The molecule has 0 atom stereocenters. The average Bonchev–Trinajstić information content (AvgIpc) is 3.23. The molecule has 168 valence electrons. The maximum atomic E-state index is 12.4. The highest BCUT2D eigenvalue weighted by Crippen LogP contribution is 2.23. The topological polar surface area (TPSA) is 63.1 Å². The van der Waals surface area contributed by atoms with Gasteiger partial charge >= 0.3 is 0 Å². The van der Waals surface area contributed by atoms with Crippen LogP contribution in [0.25, 0.3) is 22.8 Å². The van der Waals surface area contributed by atoms with Crippen LogP contribution in [0.5, 0.6) is 0 Å². The van der Waals surface area contributed by atoms with Crippen molar-refractivity contribution in [2.45, 2.75) is 20.8 Å². The summed E-state index contributed by atoms with van der Waals surface area (Å²) >= 11 is 5.90. The minimum Gasteiger partial charge on any atom is -0.372 e. The van der Waals surface area contributed by atoms with Gasteiger partial charge in [-0.25, -0.2) is 0 Å². The largest absolute Gasteiger partial charge is 0.372 e. The number of carbonyl (C=O) groups is 1. The summed E-state index contributed by atoms with van der Waals surface area (Å²) in [5, 5.41) is 12.8. The van der Waals surface area contributed by atoms with Crippen molar-refractivity contribution in [3.8, 4) is 5.69 Å². The molecule has 1 aromatic heterocycles. The second-order valence-electron chi connectivity index (χ2n) is 7.71. The fourth-order valence-electron chi connectivity index (χ4n) is 3.62. The Hall–Kier alpha value is -3.64. The van der Waals surface area contributed by atoms with Crippen molar-refractivity contribution in [1.82, 2.24) is 15.0 Å². The van der Waals surface area contributed by atoms with Crippen molar-refractivity contribution in [2.24, 2.45) is 0 Å². The Morgan fingerprint density at radius 3 is 2.27 bits per heavy atom. The molecule has 0 aliphatic rings. The van der Waals surface area contributed by atoms with Gasteiger partial charge in [0.2, 0.25) is 5.91 Å². The van der Waals surface area contributed by atoms with Crippen molar-refractivity contribution < 1.29 is 4.79 Å². The van der Waals surface area contributed by atoms with E-state index in [0.29, 0.717) is 16.2 Å². The monoisotopic (exact) mass is 459 g/mol. The van der Waals surface area contributed by atoms with E-state index in [1.807, 2.05) is 43.3 Å². The second kappa shape index (κ2) is 9.88. The van der Waals surface area contributed by atoms with E-state index >= 15 is 0 Å². The predicted molar refractivity (Wildman–Crippen MR) is 136 cm³/mol. The molecule has 4 rings (SSSR count). The number of hydrogen-bond acceptors (Lipinski definition) is 4. The lowest BCUT2D eigenvalue weighted by Crippen LogP contribution is -2.21. The smallest absolute Gasteiger partial charge is 0.248 e. The molecule has 0 radical (unpaired) electrons.